The highest BCUT2D eigenvalue weighted by Crippen LogP contribution is 2.59. The summed E-state index contributed by atoms with van der Waals surface area (Å²) >= 11 is 0. The Morgan fingerprint density at radius 1 is 1.40 bits per heavy atom. The molecule has 0 aromatic carbocycles. The second-order valence-electron chi connectivity index (χ2n) is 5.81. The molecule has 0 spiro atoms. The maximum absolute atomic E-state index is 11.7. The van der Waals surface area contributed by atoms with E-state index < -0.39 is 39.7 Å². The molecular formula is C12H19NO6S. The first kappa shape index (κ1) is 16.6. The SMILES string of the molecule is C#CC1(C(NC(=O)OC(C)(C)C)C(=O)O)CS(O)(O)C1. The predicted octanol–water partition coefficient (Wildman–Crippen LogP) is 1.35. The molecule has 0 bridgehead atoms. The summed E-state index contributed by atoms with van der Waals surface area (Å²) in [6.07, 6.45) is 4.40. The van der Waals surface area contributed by atoms with E-state index in [1.807, 2.05) is 0 Å². The summed E-state index contributed by atoms with van der Waals surface area (Å²) in [7, 11) is -2.85. The molecule has 1 rings (SSSR count). The van der Waals surface area contributed by atoms with Gasteiger partial charge in [0.25, 0.3) is 0 Å². The Hall–Kier alpha value is -1.43. The number of carboxylic acids is 1. The van der Waals surface area contributed by atoms with Crippen LogP contribution in [-0.4, -0.2) is 49.4 Å². The van der Waals surface area contributed by atoms with Gasteiger partial charge in [-0.25, -0.2) is 9.59 Å². The van der Waals surface area contributed by atoms with Crippen LogP contribution in [0.2, 0.25) is 0 Å². The van der Waals surface area contributed by atoms with Gasteiger partial charge in [-0.1, -0.05) is 5.92 Å². The Morgan fingerprint density at radius 2 is 1.90 bits per heavy atom. The summed E-state index contributed by atoms with van der Waals surface area (Å²) in [6.45, 7) is 4.91. The van der Waals surface area contributed by atoms with Crippen LogP contribution >= 0.6 is 10.6 Å². The molecule has 114 valence electrons. The lowest BCUT2D eigenvalue weighted by Crippen LogP contribution is -2.62. The summed E-state index contributed by atoms with van der Waals surface area (Å²) in [5.74, 6) is 0.433. The number of hydrogen-bond acceptors (Lipinski definition) is 5. The van der Waals surface area contributed by atoms with E-state index in [1.54, 1.807) is 20.8 Å². The number of alkyl carbamates (subject to hydrolysis) is 1. The molecule has 1 aliphatic heterocycles. The van der Waals surface area contributed by atoms with Gasteiger partial charge in [0.1, 0.15) is 11.6 Å². The third-order valence-electron chi connectivity index (χ3n) is 2.73. The monoisotopic (exact) mass is 305 g/mol. The van der Waals surface area contributed by atoms with Crippen molar-refractivity contribution in [3.63, 3.8) is 0 Å². The van der Waals surface area contributed by atoms with E-state index in [1.165, 1.54) is 0 Å². The average Bonchev–Trinajstić information content (AvgIpc) is 2.19. The van der Waals surface area contributed by atoms with Crippen molar-refractivity contribution in [3.05, 3.63) is 0 Å². The lowest BCUT2D eigenvalue weighted by Gasteiger charge is -2.55. The quantitative estimate of drug-likeness (QED) is 0.585. The highest BCUT2D eigenvalue weighted by molar-refractivity contribution is 8.25. The van der Waals surface area contributed by atoms with Gasteiger partial charge in [-0.2, -0.15) is 10.6 Å². The van der Waals surface area contributed by atoms with E-state index in [4.69, 9.17) is 11.2 Å². The minimum atomic E-state index is -2.85. The van der Waals surface area contributed by atoms with Crippen molar-refractivity contribution in [3.8, 4) is 12.3 Å². The number of amides is 1. The van der Waals surface area contributed by atoms with Crippen molar-refractivity contribution in [1.82, 2.24) is 5.32 Å². The van der Waals surface area contributed by atoms with Crippen LogP contribution in [0.3, 0.4) is 0 Å². The van der Waals surface area contributed by atoms with Gasteiger partial charge < -0.3 is 15.2 Å². The van der Waals surface area contributed by atoms with E-state index in [-0.39, 0.29) is 11.5 Å². The lowest BCUT2D eigenvalue weighted by molar-refractivity contribution is -0.141. The predicted molar refractivity (Wildman–Crippen MR) is 74.6 cm³/mol. The number of carbonyl (C=O) groups is 2. The summed E-state index contributed by atoms with van der Waals surface area (Å²) < 4.78 is 23.9. The highest BCUT2D eigenvalue weighted by Gasteiger charge is 2.56. The van der Waals surface area contributed by atoms with Gasteiger partial charge in [-0.15, -0.1) is 6.42 Å². The maximum Gasteiger partial charge on any atom is 0.408 e. The van der Waals surface area contributed by atoms with Crippen LogP contribution in [0.25, 0.3) is 0 Å². The standard InChI is InChI=1S/C12H19NO6S/c1-5-12(6-20(17,18)7-12)8(9(14)15)13-10(16)19-11(2,3)4/h1,8,17-18H,6-7H2,2-4H3,(H,13,16)(H,14,15). The molecule has 0 radical (unpaired) electrons. The van der Waals surface area contributed by atoms with Crippen molar-refractivity contribution in [1.29, 1.82) is 0 Å². The zero-order valence-corrected chi connectivity index (χ0v) is 12.4. The van der Waals surface area contributed by atoms with E-state index in [0.29, 0.717) is 0 Å². The van der Waals surface area contributed by atoms with Crippen LogP contribution in [0.5, 0.6) is 0 Å². The van der Waals surface area contributed by atoms with Crippen LogP contribution < -0.4 is 5.32 Å². The molecule has 1 atom stereocenters. The zero-order chi connectivity index (χ0) is 15.8. The number of aliphatic carboxylic acids is 1. The Morgan fingerprint density at radius 3 is 2.20 bits per heavy atom. The molecule has 1 saturated heterocycles. The van der Waals surface area contributed by atoms with Gasteiger partial charge in [0, 0.05) is 0 Å². The van der Waals surface area contributed by atoms with Gasteiger partial charge in [-0.05, 0) is 20.8 Å². The third-order valence-corrected chi connectivity index (χ3v) is 4.68. The molecule has 1 amide bonds. The molecule has 1 aliphatic rings. The fourth-order valence-corrected chi connectivity index (χ4v) is 4.04. The van der Waals surface area contributed by atoms with Crippen LogP contribution in [0.1, 0.15) is 20.8 Å². The molecule has 0 saturated carbocycles. The maximum atomic E-state index is 11.7. The number of carboxylic acid groups (broad SMARTS) is 1. The number of rotatable bonds is 3. The van der Waals surface area contributed by atoms with E-state index in [0.717, 1.165) is 0 Å². The molecule has 1 fully saturated rings. The third kappa shape index (κ3) is 3.79. The number of hydrogen-bond donors (Lipinski definition) is 4. The topological polar surface area (TPSA) is 116 Å². The second-order valence-corrected chi connectivity index (χ2v) is 7.99. The van der Waals surface area contributed by atoms with E-state index in [2.05, 4.69) is 11.2 Å². The Kier molecular flexibility index (Phi) is 4.29. The van der Waals surface area contributed by atoms with E-state index in [9.17, 15) is 23.8 Å². The van der Waals surface area contributed by atoms with Gasteiger partial charge in [-0.3, -0.25) is 9.11 Å². The van der Waals surface area contributed by atoms with Gasteiger partial charge >= 0.3 is 12.1 Å². The fraction of sp³-hybridized carbons (Fsp3) is 0.667. The van der Waals surface area contributed by atoms with Crippen molar-refractivity contribution in [2.45, 2.75) is 32.4 Å². The molecule has 1 heterocycles. The van der Waals surface area contributed by atoms with Crippen LogP contribution in [-0.2, 0) is 9.53 Å². The zero-order valence-electron chi connectivity index (χ0n) is 11.5. The van der Waals surface area contributed by atoms with Gasteiger partial charge in [0.05, 0.1) is 16.9 Å². The fourth-order valence-electron chi connectivity index (χ4n) is 1.98. The van der Waals surface area contributed by atoms with Crippen molar-refractivity contribution in [2.75, 3.05) is 11.5 Å². The Bertz CT molecular complexity index is 454. The number of nitrogens with one attached hydrogen (secondary N) is 1. The van der Waals surface area contributed by atoms with Crippen LogP contribution in [0, 0.1) is 17.8 Å². The second kappa shape index (κ2) is 5.16. The minimum absolute atomic E-state index is 0.247. The first-order valence-electron chi connectivity index (χ1n) is 5.84. The molecule has 0 aromatic heterocycles. The highest BCUT2D eigenvalue weighted by atomic mass is 32.3. The van der Waals surface area contributed by atoms with Crippen LogP contribution in [0.15, 0.2) is 0 Å². The minimum Gasteiger partial charge on any atom is -0.480 e. The molecular weight excluding hydrogens is 286 g/mol. The summed E-state index contributed by atoms with van der Waals surface area (Å²) in [4.78, 5) is 22.9. The van der Waals surface area contributed by atoms with Crippen LogP contribution in [0.4, 0.5) is 4.79 Å². The molecule has 8 heteroatoms. The average molecular weight is 305 g/mol. The number of carbonyl (C=O) groups excluding carboxylic acids is 1. The smallest absolute Gasteiger partial charge is 0.408 e. The molecule has 0 aromatic rings. The summed E-state index contributed by atoms with van der Waals surface area (Å²) in [5, 5.41) is 11.4. The van der Waals surface area contributed by atoms with Crippen molar-refractivity contribution < 1.29 is 28.5 Å². The molecule has 20 heavy (non-hydrogen) atoms. The molecule has 0 aliphatic carbocycles. The first-order valence-corrected chi connectivity index (χ1v) is 7.73. The van der Waals surface area contributed by atoms with Gasteiger partial charge in [0.2, 0.25) is 0 Å². The van der Waals surface area contributed by atoms with E-state index >= 15 is 0 Å². The van der Waals surface area contributed by atoms with Crippen molar-refractivity contribution in [2.24, 2.45) is 5.41 Å². The van der Waals surface area contributed by atoms with Crippen molar-refractivity contribution >= 4 is 22.7 Å². The molecule has 1 unspecified atom stereocenters. The number of terminal acetylenes is 1. The first-order chi connectivity index (χ1) is 8.91. The Balaban J connectivity index is 2.84. The molecule has 4 N–H and O–H groups in total. The molecule has 7 nitrogen and oxygen atoms in total. The summed E-state index contributed by atoms with van der Waals surface area (Å²) in [6, 6.07) is -1.43. The lowest BCUT2D eigenvalue weighted by atomic mass is 9.84. The van der Waals surface area contributed by atoms with Gasteiger partial charge in [0.15, 0.2) is 0 Å². The Labute approximate surface area is 119 Å². The number of ether oxygens (including phenoxy) is 1. The largest absolute Gasteiger partial charge is 0.480 e. The normalized spacial score (nSPS) is 22.6. The summed E-state index contributed by atoms with van der Waals surface area (Å²) in [5.41, 5.74) is -2.08.